The molecule has 162 valence electrons. The van der Waals surface area contributed by atoms with E-state index < -0.39 is 12.5 Å². The summed E-state index contributed by atoms with van der Waals surface area (Å²) in [4.78, 5) is 20.8. The van der Waals surface area contributed by atoms with Gasteiger partial charge in [-0.3, -0.25) is 4.79 Å². The van der Waals surface area contributed by atoms with Gasteiger partial charge in [0.15, 0.2) is 5.78 Å². The molecule has 0 spiro atoms. The molecule has 0 saturated heterocycles. The van der Waals surface area contributed by atoms with Crippen molar-refractivity contribution in [3.8, 4) is 11.3 Å². The number of pyridine rings is 1. The molecule has 1 aliphatic carbocycles. The standard InChI is InChI=1S/C25H27F2N3O/c1-15(24(26)27)29-21-12-17(9-10-28-21)23-18(11-16-7-5-4-6-8-16)22-19(30-23)13-25(2,3)14-20(22)31/h4-10,12,15,24,30H,11,13-14H2,1-3H3,(H,28,29). The first-order valence-corrected chi connectivity index (χ1v) is 10.6. The minimum atomic E-state index is -2.49. The Bertz CT molecular complexity index is 1090. The number of H-pyrrole nitrogens is 1. The van der Waals surface area contributed by atoms with Crippen LogP contribution in [0.2, 0.25) is 0 Å². The number of ketones is 1. The number of carbonyl (C=O) groups is 1. The van der Waals surface area contributed by atoms with Crippen molar-refractivity contribution < 1.29 is 13.6 Å². The number of aromatic nitrogens is 2. The zero-order valence-electron chi connectivity index (χ0n) is 18.0. The van der Waals surface area contributed by atoms with Gasteiger partial charge < -0.3 is 10.3 Å². The Balaban J connectivity index is 1.80. The van der Waals surface area contributed by atoms with Crippen molar-refractivity contribution in [3.05, 3.63) is 71.0 Å². The maximum absolute atomic E-state index is 13.1. The summed E-state index contributed by atoms with van der Waals surface area (Å²) in [7, 11) is 0. The molecule has 6 heteroatoms. The number of fused-ring (bicyclic) bond motifs is 1. The first-order valence-electron chi connectivity index (χ1n) is 10.6. The van der Waals surface area contributed by atoms with Gasteiger partial charge in [-0.05, 0) is 42.0 Å². The van der Waals surface area contributed by atoms with Gasteiger partial charge in [0.25, 0.3) is 6.43 Å². The number of hydrogen-bond donors (Lipinski definition) is 2. The van der Waals surface area contributed by atoms with Crippen LogP contribution in [-0.2, 0) is 12.8 Å². The van der Waals surface area contributed by atoms with E-state index in [2.05, 4.69) is 29.1 Å². The van der Waals surface area contributed by atoms with Gasteiger partial charge in [-0.2, -0.15) is 0 Å². The highest BCUT2D eigenvalue weighted by Crippen LogP contribution is 2.40. The highest BCUT2D eigenvalue weighted by atomic mass is 19.3. The van der Waals surface area contributed by atoms with Crippen LogP contribution in [-0.4, -0.2) is 28.2 Å². The third-order valence-electron chi connectivity index (χ3n) is 5.78. The van der Waals surface area contributed by atoms with E-state index in [1.54, 1.807) is 12.3 Å². The number of nitrogens with zero attached hydrogens (tertiary/aromatic N) is 1. The van der Waals surface area contributed by atoms with Crippen LogP contribution in [0.15, 0.2) is 48.7 Å². The number of alkyl halides is 2. The second kappa shape index (κ2) is 8.25. The molecular weight excluding hydrogens is 396 g/mol. The van der Waals surface area contributed by atoms with Crippen LogP contribution in [0.5, 0.6) is 0 Å². The predicted molar refractivity (Wildman–Crippen MR) is 119 cm³/mol. The van der Waals surface area contributed by atoms with E-state index in [-0.39, 0.29) is 11.2 Å². The number of benzene rings is 1. The fourth-order valence-electron chi connectivity index (χ4n) is 4.31. The Kier molecular flexibility index (Phi) is 5.65. The summed E-state index contributed by atoms with van der Waals surface area (Å²) in [6.45, 7) is 5.63. The average Bonchev–Trinajstić information content (AvgIpc) is 3.06. The fourth-order valence-corrected chi connectivity index (χ4v) is 4.31. The van der Waals surface area contributed by atoms with Crippen LogP contribution >= 0.6 is 0 Å². The number of aromatic amines is 1. The van der Waals surface area contributed by atoms with Gasteiger partial charge in [0, 0.05) is 35.9 Å². The molecule has 1 unspecified atom stereocenters. The van der Waals surface area contributed by atoms with Crippen molar-refractivity contribution in [2.45, 2.75) is 52.5 Å². The highest BCUT2D eigenvalue weighted by Gasteiger charge is 2.35. The zero-order valence-corrected chi connectivity index (χ0v) is 18.0. The molecule has 1 aliphatic rings. The molecular formula is C25H27F2N3O. The van der Waals surface area contributed by atoms with E-state index in [1.807, 2.05) is 36.4 Å². The third-order valence-corrected chi connectivity index (χ3v) is 5.78. The molecule has 3 aromatic rings. The maximum Gasteiger partial charge on any atom is 0.258 e. The van der Waals surface area contributed by atoms with Gasteiger partial charge in [0.05, 0.1) is 11.7 Å². The minimum Gasteiger partial charge on any atom is -0.362 e. The molecule has 0 aliphatic heterocycles. The van der Waals surface area contributed by atoms with Crippen molar-refractivity contribution in [3.63, 3.8) is 0 Å². The quantitative estimate of drug-likeness (QED) is 0.520. The Morgan fingerprint density at radius 3 is 2.61 bits per heavy atom. The Morgan fingerprint density at radius 2 is 1.90 bits per heavy atom. The molecule has 2 aromatic heterocycles. The van der Waals surface area contributed by atoms with Crippen molar-refractivity contribution in [1.82, 2.24) is 9.97 Å². The lowest BCUT2D eigenvalue weighted by Gasteiger charge is -2.28. The molecule has 1 aromatic carbocycles. The lowest BCUT2D eigenvalue weighted by Crippen LogP contribution is -2.27. The SMILES string of the molecule is CC(Nc1cc(-c2[nH]c3c(c2Cc2ccccc2)C(=O)CC(C)(C)C3)ccn1)C(F)F. The summed E-state index contributed by atoms with van der Waals surface area (Å²) in [5, 5.41) is 2.76. The second-order valence-corrected chi connectivity index (χ2v) is 9.13. The average molecular weight is 424 g/mol. The molecule has 0 amide bonds. The Morgan fingerprint density at radius 1 is 1.16 bits per heavy atom. The van der Waals surface area contributed by atoms with Gasteiger partial charge in [0.2, 0.25) is 0 Å². The third kappa shape index (κ3) is 4.53. The molecule has 4 nitrogen and oxygen atoms in total. The Labute approximate surface area is 181 Å². The van der Waals surface area contributed by atoms with Gasteiger partial charge in [-0.1, -0.05) is 44.2 Å². The molecule has 0 bridgehead atoms. The van der Waals surface area contributed by atoms with Gasteiger partial charge >= 0.3 is 0 Å². The summed E-state index contributed by atoms with van der Waals surface area (Å²) in [6, 6.07) is 12.6. The predicted octanol–water partition coefficient (Wildman–Crippen LogP) is 5.89. The molecule has 0 saturated carbocycles. The summed E-state index contributed by atoms with van der Waals surface area (Å²) in [5.74, 6) is 0.536. The summed E-state index contributed by atoms with van der Waals surface area (Å²) in [5.41, 5.74) is 5.39. The van der Waals surface area contributed by atoms with Gasteiger partial charge in [-0.25, -0.2) is 13.8 Å². The van der Waals surface area contributed by atoms with Gasteiger partial charge in [0.1, 0.15) is 5.82 Å². The molecule has 4 rings (SSSR count). The summed E-state index contributed by atoms with van der Waals surface area (Å²) >= 11 is 0. The number of Topliss-reactive ketones (excluding diaryl/α,β-unsaturated/α-hetero) is 1. The number of nitrogens with one attached hydrogen (secondary N) is 2. The topological polar surface area (TPSA) is 57.8 Å². The van der Waals surface area contributed by atoms with E-state index in [0.717, 1.165) is 40.1 Å². The number of hydrogen-bond acceptors (Lipinski definition) is 3. The smallest absolute Gasteiger partial charge is 0.258 e. The summed E-state index contributed by atoms with van der Waals surface area (Å²) < 4.78 is 26.0. The van der Waals surface area contributed by atoms with Crippen LogP contribution < -0.4 is 5.32 Å². The number of carbonyl (C=O) groups excluding carboxylic acids is 1. The van der Waals surface area contributed by atoms with Crippen molar-refractivity contribution in [2.75, 3.05) is 5.32 Å². The number of anilines is 1. The number of halogens is 2. The normalized spacial score (nSPS) is 16.3. The first kappa shape index (κ1) is 21.2. The lowest BCUT2D eigenvalue weighted by atomic mass is 9.75. The van der Waals surface area contributed by atoms with Crippen molar-refractivity contribution >= 4 is 11.6 Å². The van der Waals surface area contributed by atoms with Crippen LogP contribution in [0.3, 0.4) is 0 Å². The molecule has 0 radical (unpaired) electrons. The monoisotopic (exact) mass is 423 g/mol. The van der Waals surface area contributed by atoms with E-state index in [0.29, 0.717) is 18.7 Å². The first-order chi connectivity index (χ1) is 14.7. The van der Waals surface area contributed by atoms with Crippen LogP contribution in [0, 0.1) is 5.41 Å². The van der Waals surface area contributed by atoms with E-state index >= 15 is 0 Å². The molecule has 31 heavy (non-hydrogen) atoms. The van der Waals surface area contributed by atoms with Crippen molar-refractivity contribution in [1.29, 1.82) is 0 Å². The molecule has 0 fully saturated rings. The Hall–Kier alpha value is -3.02. The molecule has 2 N–H and O–H groups in total. The van der Waals surface area contributed by atoms with Crippen molar-refractivity contribution in [2.24, 2.45) is 5.41 Å². The van der Waals surface area contributed by atoms with Crippen LogP contribution in [0.4, 0.5) is 14.6 Å². The number of rotatable bonds is 6. The van der Waals surface area contributed by atoms with E-state index in [4.69, 9.17) is 0 Å². The molecule has 2 heterocycles. The molecule has 1 atom stereocenters. The second-order valence-electron chi connectivity index (χ2n) is 9.13. The van der Waals surface area contributed by atoms with Crippen LogP contribution in [0.25, 0.3) is 11.3 Å². The van der Waals surface area contributed by atoms with Crippen LogP contribution in [0.1, 0.15) is 54.4 Å². The summed E-state index contributed by atoms with van der Waals surface area (Å²) in [6.07, 6.45) is 1.03. The van der Waals surface area contributed by atoms with E-state index in [1.165, 1.54) is 6.92 Å². The minimum absolute atomic E-state index is 0.103. The van der Waals surface area contributed by atoms with E-state index in [9.17, 15) is 13.6 Å². The lowest BCUT2D eigenvalue weighted by molar-refractivity contribution is 0.0911. The fraction of sp³-hybridized carbons (Fsp3) is 0.360. The van der Waals surface area contributed by atoms with Gasteiger partial charge in [-0.15, -0.1) is 0 Å². The zero-order chi connectivity index (χ0) is 22.2. The highest BCUT2D eigenvalue weighted by molar-refractivity contribution is 6.02. The maximum atomic E-state index is 13.1. The largest absolute Gasteiger partial charge is 0.362 e.